The molecule has 1 atom stereocenters. The van der Waals surface area contributed by atoms with Crippen molar-refractivity contribution in [3.63, 3.8) is 0 Å². The van der Waals surface area contributed by atoms with Crippen molar-refractivity contribution in [2.24, 2.45) is 0 Å². The number of sulfone groups is 1. The SMILES string of the molecule is COC(=O)C1=C(CS(=O)(=O)c2ccc(Cl)cc2)NC(=O)NC1c1ccccc1. The number of ether oxygens (including phenoxy) is 1. The van der Waals surface area contributed by atoms with E-state index in [2.05, 4.69) is 10.6 Å². The first-order valence-corrected chi connectivity index (χ1v) is 10.3. The van der Waals surface area contributed by atoms with Crippen molar-refractivity contribution >= 4 is 33.4 Å². The third kappa shape index (κ3) is 4.18. The maximum absolute atomic E-state index is 12.8. The van der Waals surface area contributed by atoms with Crippen LogP contribution in [0.3, 0.4) is 0 Å². The fourth-order valence-corrected chi connectivity index (χ4v) is 4.34. The van der Waals surface area contributed by atoms with Gasteiger partial charge in [-0.15, -0.1) is 0 Å². The molecule has 2 aromatic carbocycles. The molecule has 0 saturated carbocycles. The number of urea groups is 1. The van der Waals surface area contributed by atoms with Gasteiger partial charge in [0, 0.05) is 10.7 Å². The Balaban J connectivity index is 2.08. The molecule has 0 bridgehead atoms. The molecule has 1 aliphatic rings. The molecule has 0 radical (unpaired) electrons. The van der Waals surface area contributed by atoms with E-state index in [-0.39, 0.29) is 16.2 Å². The molecule has 146 valence electrons. The van der Waals surface area contributed by atoms with Crippen LogP contribution < -0.4 is 10.6 Å². The summed E-state index contributed by atoms with van der Waals surface area (Å²) < 4.78 is 30.5. The molecule has 1 heterocycles. The molecule has 3 rings (SSSR count). The molecule has 7 nitrogen and oxygen atoms in total. The third-order valence-corrected chi connectivity index (χ3v) is 6.11. The Morgan fingerprint density at radius 3 is 2.36 bits per heavy atom. The molecular formula is C19H17ClN2O5S. The smallest absolute Gasteiger partial charge is 0.338 e. The molecule has 0 spiro atoms. The zero-order valence-corrected chi connectivity index (χ0v) is 16.4. The Bertz CT molecular complexity index is 1030. The number of halogens is 1. The second-order valence-electron chi connectivity index (χ2n) is 6.04. The second-order valence-corrected chi connectivity index (χ2v) is 8.46. The molecule has 1 unspecified atom stereocenters. The van der Waals surface area contributed by atoms with E-state index >= 15 is 0 Å². The molecule has 2 aromatic rings. The Kier molecular flexibility index (Phi) is 5.71. The highest BCUT2D eigenvalue weighted by atomic mass is 35.5. The van der Waals surface area contributed by atoms with E-state index in [1.165, 1.54) is 31.4 Å². The number of carbonyl (C=O) groups is 2. The van der Waals surface area contributed by atoms with Crippen molar-refractivity contribution < 1.29 is 22.7 Å². The summed E-state index contributed by atoms with van der Waals surface area (Å²) >= 11 is 5.81. The number of rotatable bonds is 5. The first-order valence-electron chi connectivity index (χ1n) is 8.24. The van der Waals surface area contributed by atoms with Gasteiger partial charge in [0.25, 0.3) is 0 Å². The van der Waals surface area contributed by atoms with Crippen LogP contribution in [0.4, 0.5) is 4.79 Å². The number of methoxy groups -OCH3 is 1. The van der Waals surface area contributed by atoms with Crippen LogP contribution in [0.2, 0.25) is 5.02 Å². The lowest BCUT2D eigenvalue weighted by atomic mass is 9.96. The molecule has 0 aromatic heterocycles. The maximum Gasteiger partial charge on any atom is 0.338 e. The number of nitrogens with one attached hydrogen (secondary N) is 2. The van der Waals surface area contributed by atoms with Crippen molar-refractivity contribution in [3.8, 4) is 0 Å². The molecular weight excluding hydrogens is 404 g/mol. The zero-order valence-electron chi connectivity index (χ0n) is 14.8. The highest BCUT2D eigenvalue weighted by Crippen LogP contribution is 2.29. The Labute approximate surface area is 167 Å². The second kappa shape index (κ2) is 8.04. The molecule has 2 amide bonds. The third-order valence-electron chi connectivity index (χ3n) is 4.20. The van der Waals surface area contributed by atoms with Crippen LogP contribution in [0.1, 0.15) is 11.6 Å². The van der Waals surface area contributed by atoms with Crippen LogP contribution in [-0.4, -0.2) is 33.3 Å². The van der Waals surface area contributed by atoms with Gasteiger partial charge >= 0.3 is 12.0 Å². The number of benzene rings is 2. The largest absolute Gasteiger partial charge is 0.466 e. The molecule has 0 fully saturated rings. The van der Waals surface area contributed by atoms with E-state index in [9.17, 15) is 18.0 Å². The van der Waals surface area contributed by atoms with Gasteiger partial charge in [-0.25, -0.2) is 18.0 Å². The van der Waals surface area contributed by atoms with Gasteiger partial charge < -0.3 is 15.4 Å². The van der Waals surface area contributed by atoms with E-state index < -0.39 is 33.6 Å². The lowest BCUT2D eigenvalue weighted by molar-refractivity contribution is -0.136. The average molecular weight is 421 g/mol. The van der Waals surface area contributed by atoms with Crippen LogP contribution in [-0.2, 0) is 19.4 Å². The van der Waals surface area contributed by atoms with Gasteiger partial charge in [-0.3, -0.25) is 0 Å². The monoisotopic (exact) mass is 420 g/mol. The predicted octanol–water partition coefficient (Wildman–Crippen LogP) is 2.59. The number of hydrogen-bond donors (Lipinski definition) is 2. The van der Waals surface area contributed by atoms with Crippen molar-refractivity contribution in [1.29, 1.82) is 0 Å². The highest BCUT2D eigenvalue weighted by Gasteiger charge is 2.35. The van der Waals surface area contributed by atoms with Crippen molar-refractivity contribution in [2.45, 2.75) is 10.9 Å². The lowest BCUT2D eigenvalue weighted by Crippen LogP contribution is -2.47. The van der Waals surface area contributed by atoms with Crippen molar-refractivity contribution in [1.82, 2.24) is 10.6 Å². The molecule has 0 saturated heterocycles. The summed E-state index contributed by atoms with van der Waals surface area (Å²) in [5.74, 6) is -1.31. The van der Waals surface area contributed by atoms with Gasteiger partial charge in [-0.2, -0.15) is 0 Å². The number of amides is 2. The Morgan fingerprint density at radius 2 is 1.75 bits per heavy atom. The summed E-state index contributed by atoms with van der Waals surface area (Å²) in [4.78, 5) is 24.6. The van der Waals surface area contributed by atoms with E-state index in [1.54, 1.807) is 30.3 Å². The Morgan fingerprint density at radius 1 is 1.11 bits per heavy atom. The summed E-state index contributed by atoms with van der Waals surface area (Å²) in [7, 11) is -2.65. The van der Waals surface area contributed by atoms with Crippen LogP contribution in [0.15, 0.2) is 70.8 Å². The fourth-order valence-electron chi connectivity index (χ4n) is 2.89. The van der Waals surface area contributed by atoms with E-state index in [0.29, 0.717) is 10.6 Å². The minimum absolute atomic E-state index is 0.0256. The number of hydrogen-bond acceptors (Lipinski definition) is 5. The minimum atomic E-state index is -3.85. The van der Waals surface area contributed by atoms with E-state index in [4.69, 9.17) is 16.3 Å². The topological polar surface area (TPSA) is 102 Å². The van der Waals surface area contributed by atoms with Crippen molar-refractivity contribution in [3.05, 3.63) is 76.5 Å². The van der Waals surface area contributed by atoms with E-state index in [0.717, 1.165) is 0 Å². The normalized spacial score (nSPS) is 16.9. The zero-order chi connectivity index (χ0) is 20.3. The molecule has 9 heteroatoms. The number of esters is 1. The average Bonchev–Trinajstić information content (AvgIpc) is 2.67. The fraction of sp³-hybridized carbons (Fsp3) is 0.158. The van der Waals surface area contributed by atoms with Crippen LogP contribution >= 0.6 is 11.6 Å². The van der Waals surface area contributed by atoms with Gasteiger partial charge in [0.1, 0.15) is 0 Å². The Hall–Kier alpha value is -2.84. The van der Waals surface area contributed by atoms with Gasteiger partial charge in [-0.1, -0.05) is 41.9 Å². The first-order chi connectivity index (χ1) is 13.3. The summed E-state index contributed by atoms with van der Waals surface area (Å²) in [6.07, 6.45) is 0. The summed E-state index contributed by atoms with van der Waals surface area (Å²) in [6, 6.07) is 13.0. The first kappa shape index (κ1) is 19.9. The van der Waals surface area contributed by atoms with Crippen LogP contribution in [0.5, 0.6) is 0 Å². The summed E-state index contributed by atoms with van der Waals surface area (Å²) in [5, 5.41) is 5.48. The lowest BCUT2D eigenvalue weighted by Gasteiger charge is -2.29. The quantitative estimate of drug-likeness (QED) is 0.724. The molecule has 1 aliphatic heterocycles. The van der Waals surface area contributed by atoms with E-state index in [1.807, 2.05) is 0 Å². The summed E-state index contributed by atoms with van der Waals surface area (Å²) in [5.41, 5.74) is 0.629. The summed E-state index contributed by atoms with van der Waals surface area (Å²) in [6.45, 7) is 0. The van der Waals surface area contributed by atoms with Crippen LogP contribution in [0, 0.1) is 0 Å². The maximum atomic E-state index is 12.8. The van der Waals surface area contributed by atoms with Gasteiger partial charge in [0.15, 0.2) is 9.84 Å². The standard InChI is InChI=1S/C19H17ClN2O5S/c1-27-18(23)16-15(11-28(25,26)14-9-7-13(20)8-10-14)21-19(24)22-17(16)12-5-3-2-4-6-12/h2-10,17H,11H2,1H3,(H2,21,22,24). The number of carbonyl (C=O) groups excluding carboxylic acids is 2. The van der Waals surface area contributed by atoms with Crippen molar-refractivity contribution in [2.75, 3.05) is 12.9 Å². The van der Waals surface area contributed by atoms with Gasteiger partial charge in [0.05, 0.1) is 29.4 Å². The molecule has 28 heavy (non-hydrogen) atoms. The molecule has 0 aliphatic carbocycles. The minimum Gasteiger partial charge on any atom is -0.466 e. The molecule has 2 N–H and O–H groups in total. The van der Waals surface area contributed by atoms with Gasteiger partial charge in [0.2, 0.25) is 0 Å². The van der Waals surface area contributed by atoms with Crippen LogP contribution in [0.25, 0.3) is 0 Å². The van der Waals surface area contributed by atoms with Gasteiger partial charge in [-0.05, 0) is 29.8 Å². The highest BCUT2D eigenvalue weighted by molar-refractivity contribution is 7.91. The predicted molar refractivity (Wildman–Crippen MR) is 103 cm³/mol.